The lowest BCUT2D eigenvalue weighted by Gasteiger charge is -2.18. The third kappa shape index (κ3) is 49.9. The van der Waals surface area contributed by atoms with Crippen LogP contribution in [0.1, 0.15) is 258 Å². The van der Waals surface area contributed by atoms with Crippen molar-refractivity contribution in [1.82, 2.24) is 0 Å². The number of unbranched alkanes of at least 4 members (excludes halogenated alkanes) is 25. The monoisotopic (exact) mass is 893 g/mol. The van der Waals surface area contributed by atoms with Gasteiger partial charge in [0, 0.05) is 19.3 Å². The highest BCUT2D eigenvalue weighted by molar-refractivity contribution is 5.71. The fourth-order valence-corrected chi connectivity index (χ4v) is 7.35. The second-order valence-electron chi connectivity index (χ2n) is 17.7. The summed E-state index contributed by atoms with van der Waals surface area (Å²) < 4.78 is 16.8. The lowest BCUT2D eigenvalue weighted by atomic mass is 10.1. The minimum atomic E-state index is -0.787. The summed E-state index contributed by atoms with van der Waals surface area (Å²) in [6, 6.07) is 0. The lowest BCUT2D eigenvalue weighted by molar-refractivity contribution is -0.167. The Morgan fingerprint density at radius 2 is 0.625 bits per heavy atom. The zero-order valence-corrected chi connectivity index (χ0v) is 42.0. The number of hydrogen-bond donors (Lipinski definition) is 0. The average molecular weight is 893 g/mol. The third-order valence-electron chi connectivity index (χ3n) is 11.4. The van der Waals surface area contributed by atoms with Gasteiger partial charge in [-0.05, 0) is 103 Å². The van der Waals surface area contributed by atoms with Crippen LogP contribution >= 0.6 is 0 Å². The highest BCUT2D eigenvalue weighted by atomic mass is 16.6. The summed E-state index contributed by atoms with van der Waals surface area (Å²) in [5.74, 6) is -0.916. The molecule has 6 nitrogen and oxygen atoms in total. The Kier molecular flexibility index (Phi) is 49.9. The zero-order chi connectivity index (χ0) is 46.5. The maximum Gasteiger partial charge on any atom is 0.306 e. The number of esters is 3. The van der Waals surface area contributed by atoms with Crippen LogP contribution in [0.4, 0.5) is 0 Å². The van der Waals surface area contributed by atoms with Gasteiger partial charge in [-0.3, -0.25) is 14.4 Å². The quantitative estimate of drug-likeness (QED) is 0.0262. The van der Waals surface area contributed by atoms with Crippen LogP contribution in [-0.2, 0) is 28.6 Å². The van der Waals surface area contributed by atoms with Crippen molar-refractivity contribution in [2.75, 3.05) is 13.2 Å². The molecule has 0 saturated heterocycles. The molecular formula is C58H100O6. The molecular weight excluding hydrogens is 793 g/mol. The van der Waals surface area contributed by atoms with Crippen molar-refractivity contribution in [2.24, 2.45) is 0 Å². The van der Waals surface area contributed by atoms with Gasteiger partial charge in [0.05, 0.1) is 0 Å². The molecule has 0 bridgehead atoms. The molecule has 6 heteroatoms. The summed E-state index contributed by atoms with van der Waals surface area (Å²) >= 11 is 0. The summed E-state index contributed by atoms with van der Waals surface area (Å²) in [6.07, 6.45) is 66.0. The standard InChI is InChI=1S/C58H100O6/c1-4-7-10-13-16-19-22-24-26-28-29-31-32-34-36-39-42-45-48-51-57(60)63-54-55(53-62-56(59)50-47-44-41-38-21-18-15-12-9-6-3)64-58(61)52-49-46-43-40-37-35-33-30-27-25-23-20-17-14-11-8-5-2/h7,10,15-16,18-19,24-27,29,31,55H,4-6,8-9,11-14,17,20-23,28,30,32-54H2,1-3H3/b10-7-,18-15-,19-16-,26-24-,27-25-,31-29-. The van der Waals surface area contributed by atoms with E-state index in [0.717, 1.165) is 109 Å². The van der Waals surface area contributed by atoms with E-state index in [0.29, 0.717) is 19.3 Å². The number of hydrogen-bond acceptors (Lipinski definition) is 6. The Morgan fingerprint density at radius 1 is 0.328 bits per heavy atom. The molecule has 0 radical (unpaired) electrons. The molecule has 0 aliphatic carbocycles. The number of carbonyl (C=O) groups excluding carboxylic acids is 3. The van der Waals surface area contributed by atoms with Gasteiger partial charge in [-0.25, -0.2) is 0 Å². The molecule has 0 aromatic carbocycles. The van der Waals surface area contributed by atoms with Gasteiger partial charge in [0.25, 0.3) is 0 Å². The van der Waals surface area contributed by atoms with Crippen molar-refractivity contribution in [3.05, 3.63) is 72.9 Å². The molecule has 0 spiro atoms. The Labute approximate surface area is 395 Å². The van der Waals surface area contributed by atoms with Crippen molar-refractivity contribution >= 4 is 17.9 Å². The molecule has 0 N–H and O–H groups in total. The van der Waals surface area contributed by atoms with E-state index in [1.54, 1.807) is 0 Å². The van der Waals surface area contributed by atoms with Crippen molar-refractivity contribution in [1.29, 1.82) is 0 Å². The molecule has 0 amide bonds. The minimum absolute atomic E-state index is 0.0877. The predicted molar refractivity (Wildman–Crippen MR) is 274 cm³/mol. The molecule has 0 saturated carbocycles. The maximum atomic E-state index is 12.8. The number of allylic oxidation sites excluding steroid dienone is 12. The first kappa shape index (κ1) is 60.9. The van der Waals surface area contributed by atoms with Crippen LogP contribution in [0.25, 0.3) is 0 Å². The van der Waals surface area contributed by atoms with E-state index < -0.39 is 6.10 Å². The first-order chi connectivity index (χ1) is 31.5. The molecule has 0 rings (SSSR count). The maximum absolute atomic E-state index is 12.8. The summed E-state index contributed by atoms with van der Waals surface area (Å²) in [5.41, 5.74) is 0. The Hall–Kier alpha value is -3.15. The molecule has 0 fully saturated rings. The molecule has 0 aliphatic heterocycles. The number of carbonyl (C=O) groups is 3. The molecule has 0 aromatic heterocycles. The van der Waals surface area contributed by atoms with Crippen LogP contribution in [0.2, 0.25) is 0 Å². The predicted octanol–water partition coefficient (Wildman–Crippen LogP) is 17.8. The zero-order valence-electron chi connectivity index (χ0n) is 42.0. The van der Waals surface area contributed by atoms with Crippen LogP contribution in [-0.4, -0.2) is 37.2 Å². The second kappa shape index (κ2) is 52.5. The van der Waals surface area contributed by atoms with Crippen molar-refractivity contribution < 1.29 is 28.6 Å². The smallest absolute Gasteiger partial charge is 0.306 e. The number of rotatable bonds is 48. The first-order valence-corrected chi connectivity index (χ1v) is 26.9. The van der Waals surface area contributed by atoms with Gasteiger partial charge in [-0.15, -0.1) is 0 Å². The van der Waals surface area contributed by atoms with E-state index in [1.165, 1.54) is 109 Å². The molecule has 0 heterocycles. The average Bonchev–Trinajstić information content (AvgIpc) is 3.29. The third-order valence-corrected chi connectivity index (χ3v) is 11.4. The van der Waals surface area contributed by atoms with E-state index in [-0.39, 0.29) is 31.1 Å². The van der Waals surface area contributed by atoms with Gasteiger partial charge in [-0.2, -0.15) is 0 Å². The Balaban J connectivity index is 4.37. The van der Waals surface area contributed by atoms with E-state index in [4.69, 9.17) is 14.2 Å². The van der Waals surface area contributed by atoms with Gasteiger partial charge < -0.3 is 14.2 Å². The Morgan fingerprint density at radius 3 is 1.02 bits per heavy atom. The highest BCUT2D eigenvalue weighted by Gasteiger charge is 2.19. The minimum Gasteiger partial charge on any atom is -0.462 e. The normalized spacial score (nSPS) is 12.6. The first-order valence-electron chi connectivity index (χ1n) is 26.9. The van der Waals surface area contributed by atoms with Gasteiger partial charge in [0.15, 0.2) is 6.10 Å². The summed E-state index contributed by atoms with van der Waals surface area (Å²) in [4.78, 5) is 38.0. The van der Waals surface area contributed by atoms with E-state index in [9.17, 15) is 14.4 Å². The molecule has 0 aliphatic rings. The van der Waals surface area contributed by atoms with E-state index in [1.807, 2.05) is 0 Å². The SMILES string of the molecule is CC/C=C\C/C=C\C/C=C\C/C=C\CCCCCCCCC(=O)OCC(COC(=O)CCCCCC/C=C\CCCC)OC(=O)CCCCCCCCC/C=C\CCCCCCCC. The van der Waals surface area contributed by atoms with Crippen LogP contribution < -0.4 is 0 Å². The summed E-state index contributed by atoms with van der Waals surface area (Å²) in [7, 11) is 0. The van der Waals surface area contributed by atoms with Crippen molar-refractivity contribution in [3.8, 4) is 0 Å². The number of ether oxygens (including phenoxy) is 3. The van der Waals surface area contributed by atoms with Gasteiger partial charge in [-0.1, -0.05) is 209 Å². The lowest BCUT2D eigenvalue weighted by Crippen LogP contribution is -2.30. The molecule has 368 valence electrons. The van der Waals surface area contributed by atoms with Gasteiger partial charge in [0.1, 0.15) is 13.2 Å². The fourth-order valence-electron chi connectivity index (χ4n) is 7.35. The van der Waals surface area contributed by atoms with E-state index in [2.05, 4.69) is 93.7 Å². The van der Waals surface area contributed by atoms with Crippen molar-refractivity contribution in [2.45, 2.75) is 264 Å². The second-order valence-corrected chi connectivity index (χ2v) is 17.7. The highest BCUT2D eigenvalue weighted by Crippen LogP contribution is 2.14. The molecule has 0 aromatic rings. The van der Waals surface area contributed by atoms with Gasteiger partial charge in [0.2, 0.25) is 0 Å². The summed E-state index contributed by atoms with van der Waals surface area (Å²) in [6.45, 7) is 6.46. The van der Waals surface area contributed by atoms with Crippen LogP contribution in [0.3, 0.4) is 0 Å². The molecule has 1 unspecified atom stereocenters. The van der Waals surface area contributed by atoms with Crippen LogP contribution in [0.15, 0.2) is 72.9 Å². The van der Waals surface area contributed by atoms with Crippen LogP contribution in [0, 0.1) is 0 Å². The Bertz CT molecular complexity index is 1210. The van der Waals surface area contributed by atoms with Gasteiger partial charge >= 0.3 is 17.9 Å². The summed E-state index contributed by atoms with van der Waals surface area (Å²) in [5, 5.41) is 0. The fraction of sp³-hybridized carbons (Fsp3) is 0.741. The molecule has 64 heavy (non-hydrogen) atoms. The van der Waals surface area contributed by atoms with Crippen molar-refractivity contribution in [3.63, 3.8) is 0 Å². The van der Waals surface area contributed by atoms with E-state index >= 15 is 0 Å². The largest absolute Gasteiger partial charge is 0.462 e. The molecule has 1 atom stereocenters. The van der Waals surface area contributed by atoms with Crippen LogP contribution in [0.5, 0.6) is 0 Å². The topological polar surface area (TPSA) is 78.9 Å².